The van der Waals surface area contributed by atoms with Crippen LogP contribution in [0.5, 0.6) is 0 Å². The number of hydrogen-bond acceptors (Lipinski definition) is 2. The van der Waals surface area contributed by atoms with Gasteiger partial charge in [-0.2, -0.15) is 0 Å². The minimum atomic E-state index is -0.423. The fourth-order valence-corrected chi connectivity index (χ4v) is 3.29. The third-order valence-corrected chi connectivity index (χ3v) is 4.93. The number of allylic oxidation sites excluding steroid dienone is 4. The Hall–Kier alpha value is -1.18. The highest BCUT2D eigenvalue weighted by Gasteiger charge is 2.43. The van der Waals surface area contributed by atoms with E-state index in [1.807, 2.05) is 6.92 Å². The van der Waals surface area contributed by atoms with Gasteiger partial charge in [0, 0.05) is 18.3 Å². The second-order valence-corrected chi connectivity index (χ2v) is 6.71. The maximum Gasteiger partial charge on any atom is 0.143 e. The second-order valence-electron chi connectivity index (χ2n) is 6.71. The van der Waals surface area contributed by atoms with Gasteiger partial charge in [0.05, 0.1) is 0 Å². The molecule has 0 N–H and O–H groups in total. The average molecular weight is 260 g/mol. The van der Waals surface area contributed by atoms with E-state index in [2.05, 4.69) is 26.0 Å². The average Bonchev–Trinajstić information content (AvgIpc) is 2.49. The zero-order chi connectivity index (χ0) is 14.1. The number of Topliss-reactive ketones (excluding diaryl/α,β-unsaturated/α-hetero) is 1. The van der Waals surface area contributed by atoms with Gasteiger partial charge in [0.25, 0.3) is 0 Å². The molecule has 0 aliphatic heterocycles. The second kappa shape index (κ2) is 5.07. The van der Waals surface area contributed by atoms with E-state index in [1.54, 1.807) is 0 Å². The van der Waals surface area contributed by atoms with Gasteiger partial charge in [-0.25, -0.2) is 0 Å². The lowest BCUT2D eigenvalue weighted by Crippen LogP contribution is -2.38. The van der Waals surface area contributed by atoms with Crippen molar-refractivity contribution in [3.05, 3.63) is 23.3 Å². The molecule has 0 saturated carbocycles. The molecule has 0 fully saturated rings. The summed E-state index contributed by atoms with van der Waals surface area (Å²) in [5.74, 6) is 0.300. The van der Waals surface area contributed by atoms with E-state index in [4.69, 9.17) is 0 Å². The summed E-state index contributed by atoms with van der Waals surface area (Å²) in [6.45, 7) is 6.39. The molecule has 2 aliphatic rings. The number of ketones is 1. The summed E-state index contributed by atoms with van der Waals surface area (Å²) in [6.07, 6.45) is 10.3. The predicted octanol–water partition coefficient (Wildman–Crippen LogP) is 4.01. The van der Waals surface area contributed by atoms with Crippen molar-refractivity contribution in [2.75, 3.05) is 0 Å². The standard InChI is InChI=1S/C17H24O2/c1-13-5-6-14-11-17(3,8-4-10-18)15(19)12-16(14,2)9-7-13/h7,10-11H,4-6,8-9,12H2,1-3H3/t16-,17-/m1/s1. The van der Waals surface area contributed by atoms with E-state index in [0.717, 1.165) is 25.5 Å². The molecule has 0 radical (unpaired) electrons. The Labute approximate surface area is 116 Å². The normalized spacial score (nSPS) is 35.0. The zero-order valence-corrected chi connectivity index (χ0v) is 12.3. The topological polar surface area (TPSA) is 34.1 Å². The molecule has 2 rings (SSSR count). The van der Waals surface area contributed by atoms with Crippen molar-refractivity contribution < 1.29 is 9.59 Å². The lowest BCUT2D eigenvalue weighted by molar-refractivity contribution is -0.128. The molecule has 19 heavy (non-hydrogen) atoms. The summed E-state index contributed by atoms with van der Waals surface area (Å²) in [7, 11) is 0. The van der Waals surface area contributed by atoms with Crippen LogP contribution in [0.4, 0.5) is 0 Å². The lowest BCUT2D eigenvalue weighted by Gasteiger charge is -2.40. The summed E-state index contributed by atoms with van der Waals surface area (Å²) in [5, 5.41) is 0. The highest BCUT2D eigenvalue weighted by molar-refractivity contribution is 5.89. The third-order valence-electron chi connectivity index (χ3n) is 4.93. The van der Waals surface area contributed by atoms with Gasteiger partial charge < -0.3 is 4.79 Å². The number of carbonyl (C=O) groups is 2. The SMILES string of the molecule is CC1=CC[C@]2(C)CC(=O)[C@](C)(CCC=O)C=C2CC1. The summed E-state index contributed by atoms with van der Waals surface area (Å²) in [6, 6.07) is 0. The number of rotatable bonds is 3. The molecular weight excluding hydrogens is 236 g/mol. The van der Waals surface area contributed by atoms with Crippen LogP contribution in [0.2, 0.25) is 0 Å². The molecule has 0 amide bonds. The highest BCUT2D eigenvalue weighted by Crippen LogP contribution is 2.49. The molecule has 0 bridgehead atoms. The van der Waals surface area contributed by atoms with Crippen LogP contribution < -0.4 is 0 Å². The first-order chi connectivity index (χ1) is 8.89. The lowest BCUT2D eigenvalue weighted by atomic mass is 9.62. The summed E-state index contributed by atoms with van der Waals surface area (Å²) in [4.78, 5) is 23.1. The highest BCUT2D eigenvalue weighted by atomic mass is 16.1. The van der Waals surface area contributed by atoms with E-state index in [0.29, 0.717) is 25.0 Å². The summed E-state index contributed by atoms with van der Waals surface area (Å²) >= 11 is 0. The quantitative estimate of drug-likeness (QED) is 0.567. The van der Waals surface area contributed by atoms with E-state index in [9.17, 15) is 9.59 Å². The van der Waals surface area contributed by atoms with Crippen LogP contribution in [0.3, 0.4) is 0 Å². The fourth-order valence-electron chi connectivity index (χ4n) is 3.29. The molecule has 0 saturated heterocycles. The summed E-state index contributed by atoms with van der Waals surface area (Å²) < 4.78 is 0. The van der Waals surface area contributed by atoms with Crippen molar-refractivity contribution in [1.29, 1.82) is 0 Å². The summed E-state index contributed by atoms with van der Waals surface area (Å²) in [5.41, 5.74) is 2.44. The Morgan fingerprint density at radius 2 is 2.05 bits per heavy atom. The van der Waals surface area contributed by atoms with E-state index >= 15 is 0 Å². The van der Waals surface area contributed by atoms with Gasteiger partial charge in [-0.1, -0.05) is 30.2 Å². The number of fused-ring (bicyclic) bond motifs is 1. The number of hydrogen-bond donors (Lipinski definition) is 0. The van der Waals surface area contributed by atoms with Gasteiger partial charge in [0.1, 0.15) is 12.1 Å². The van der Waals surface area contributed by atoms with Crippen LogP contribution in [-0.4, -0.2) is 12.1 Å². The molecule has 0 spiro atoms. The van der Waals surface area contributed by atoms with Gasteiger partial charge in [-0.15, -0.1) is 0 Å². The van der Waals surface area contributed by atoms with Crippen molar-refractivity contribution in [1.82, 2.24) is 0 Å². The fraction of sp³-hybridized carbons (Fsp3) is 0.647. The van der Waals surface area contributed by atoms with E-state index < -0.39 is 5.41 Å². The molecule has 0 aromatic heterocycles. The van der Waals surface area contributed by atoms with Crippen molar-refractivity contribution in [3.8, 4) is 0 Å². The maximum absolute atomic E-state index is 12.5. The molecule has 2 heteroatoms. The minimum Gasteiger partial charge on any atom is -0.303 e. The van der Waals surface area contributed by atoms with Gasteiger partial charge in [0.15, 0.2) is 0 Å². The molecule has 0 aromatic carbocycles. The molecule has 2 aliphatic carbocycles. The van der Waals surface area contributed by atoms with Crippen LogP contribution >= 0.6 is 0 Å². The van der Waals surface area contributed by atoms with Crippen LogP contribution in [0.25, 0.3) is 0 Å². The molecular formula is C17H24O2. The van der Waals surface area contributed by atoms with Crippen LogP contribution in [-0.2, 0) is 9.59 Å². The Balaban J connectivity index is 2.33. The number of aldehydes is 1. The molecule has 2 atom stereocenters. The molecule has 2 nitrogen and oxygen atoms in total. The van der Waals surface area contributed by atoms with Crippen LogP contribution in [0, 0.1) is 10.8 Å². The first-order valence-electron chi connectivity index (χ1n) is 7.24. The van der Waals surface area contributed by atoms with Crippen molar-refractivity contribution >= 4 is 12.1 Å². The first kappa shape index (κ1) is 14.2. The first-order valence-corrected chi connectivity index (χ1v) is 7.24. The maximum atomic E-state index is 12.5. The smallest absolute Gasteiger partial charge is 0.143 e. The van der Waals surface area contributed by atoms with Gasteiger partial charge in [-0.05, 0) is 44.9 Å². The van der Waals surface area contributed by atoms with E-state index in [1.165, 1.54) is 11.1 Å². The third kappa shape index (κ3) is 2.72. The predicted molar refractivity (Wildman–Crippen MR) is 76.8 cm³/mol. The largest absolute Gasteiger partial charge is 0.303 e. The Bertz CT molecular complexity index is 458. The van der Waals surface area contributed by atoms with E-state index in [-0.39, 0.29) is 5.41 Å². The molecule has 0 heterocycles. The molecule has 0 unspecified atom stereocenters. The monoisotopic (exact) mass is 260 g/mol. The van der Waals surface area contributed by atoms with Crippen molar-refractivity contribution in [2.45, 2.75) is 59.3 Å². The minimum absolute atomic E-state index is 0.00946. The molecule has 0 aromatic rings. The van der Waals surface area contributed by atoms with Gasteiger partial charge in [-0.3, -0.25) is 4.79 Å². The van der Waals surface area contributed by atoms with Gasteiger partial charge >= 0.3 is 0 Å². The number of carbonyl (C=O) groups excluding carboxylic acids is 2. The van der Waals surface area contributed by atoms with Crippen molar-refractivity contribution in [2.24, 2.45) is 10.8 Å². The Morgan fingerprint density at radius 1 is 1.32 bits per heavy atom. The molecule has 104 valence electrons. The van der Waals surface area contributed by atoms with Crippen LogP contribution in [0.15, 0.2) is 23.3 Å². The van der Waals surface area contributed by atoms with Gasteiger partial charge in [0.2, 0.25) is 0 Å². The zero-order valence-electron chi connectivity index (χ0n) is 12.3. The van der Waals surface area contributed by atoms with Crippen LogP contribution in [0.1, 0.15) is 59.3 Å². The van der Waals surface area contributed by atoms with Crippen molar-refractivity contribution in [3.63, 3.8) is 0 Å². The Kier molecular flexibility index (Phi) is 3.80. The Morgan fingerprint density at radius 3 is 2.74 bits per heavy atom.